The second-order valence-electron chi connectivity index (χ2n) is 3.54. The fourth-order valence-corrected chi connectivity index (χ4v) is 1.86. The minimum absolute atomic E-state index is 0.153. The van der Waals surface area contributed by atoms with Gasteiger partial charge >= 0.3 is 0 Å². The van der Waals surface area contributed by atoms with Crippen molar-refractivity contribution in [3.05, 3.63) is 11.7 Å². The minimum Gasteiger partial charge on any atom is -0.387 e. The van der Waals surface area contributed by atoms with Crippen molar-refractivity contribution >= 4 is 0 Å². The number of rotatable bonds is 2. The molecule has 1 saturated carbocycles. The Morgan fingerprint density at radius 2 is 2.08 bits per heavy atom. The third kappa shape index (κ3) is 1.88. The number of hydrogen-bond acceptors (Lipinski definition) is 4. The average molecular weight is 182 g/mol. The second kappa shape index (κ2) is 3.87. The fraction of sp³-hybridized carbons (Fsp3) is 0.778. The molecule has 4 heteroatoms. The molecule has 1 N–H and O–H groups in total. The Kier molecular flexibility index (Phi) is 2.59. The van der Waals surface area contributed by atoms with Gasteiger partial charge in [0.2, 0.25) is 0 Å². The van der Waals surface area contributed by atoms with Gasteiger partial charge < -0.3 is 9.63 Å². The Balaban J connectivity index is 2.05. The average Bonchev–Trinajstić information content (AvgIpc) is 2.67. The number of nitrogens with zero attached hydrogens (tertiary/aromatic N) is 2. The van der Waals surface area contributed by atoms with Crippen LogP contribution >= 0.6 is 0 Å². The van der Waals surface area contributed by atoms with Gasteiger partial charge in [0.05, 0.1) is 0 Å². The van der Waals surface area contributed by atoms with E-state index in [0.29, 0.717) is 11.8 Å². The zero-order chi connectivity index (χ0) is 9.10. The summed E-state index contributed by atoms with van der Waals surface area (Å²) in [6.45, 7) is -0.153. The SMILES string of the molecule is OCc1nc(C2CCCCC2)no1. The number of aromatic nitrogens is 2. The van der Waals surface area contributed by atoms with Crippen LogP contribution in [0.5, 0.6) is 0 Å². The molecule has 0 unspecified atom stereocenters. The molecule has 1 aromatic heterocycles. The second-order valence-corrected chi connectivity index (χ2v) is 3.54. The molecule has 0 aromatic carbocycles. The van der Waals surface area contributed by atoms with Crippen LogP contribution in [0.2, 0.25) is 0 Å². The van der Waals surface area contributed by atoms with Crippen LogP contribution in [0, 0.1) is 0 Å². The highest BCUT2D eigenvalue weighted by atomic mass is 16.5. The van der Waals surface area contributed by atoms with Crippen molar-refractivity contribution in [2.75, 3.05) is 0 Å². The third-order valence-electron chi connectivity index (χ3n) is 2.59. The molecule has 0 spiro atoms. The predicted octanol–water partition coefficient (Wildman–Crippen LogP) is 1.61. The van der Waals surface area contributed by atoms with Gasteiger partial charge in [-0.05, 0) is 12.8 Å². The molecule has 1 fully saturated rings. The van der Waals surface area contributed by atoms with Gasteiger partial charge in [0.15, 0.2) is 5.82 Å². The molecule has 72 valence electrons. The topological polar surface area (TPSA) is 59.2 Å². The highest BCUT2D eigenvalue weighted by molar-refractivity contribution is 4.96. The Bertz CT molecular complexity index is 266. The summed E-state index contributed by atoms with van der Waals surface area (Å²) in [5, 5.41) is 12.6. The Hall–Kier alpha value is -0.900. The van der Waals surface area contributed by atoms with E-state index in [-0.39, 0.29) is 6.61 Å². The molecule has 13 heavy (non-hydrogen) atoms. The summed E-state index contributed by atoms with van der Waals surface area (Å²) in [6, 6.07) is 0. The van der Waals surface area contributed by atoms with Gasteiger partial charge in [0, 0.05) is 5.92 Å². The summed E-state index contributed by atoms with van der Waals surface area (Å²) in [4.78, 5) is 4.12. The minimum atomic E-state index is -0.153. The maximum absolute atomic E-state index is 8.75. The van der Waals surface area contributed by atoms with Gasteiger partial charge in [0.25, 0.3) is 5.89 Å². The van der Waals surface area contributed by atoms with E-state index < -0.39 is 0 Å². The van der Waals surface area contributed by atoms with E-state index in [1.807, 2.05) is 0 Å². The summed E-state index contributed by atoms with van der Waals surface area (Å²) in [5.74, 6) is 1.57. The third-order valence-corrected chi connectivity index (χ3v) is 2.59. The first kappa shape index (κ1) is 8.69. The molecule has 1 aliphatic rings. The first-order valence-corrected chi connectivity index (χ1v) is 4.83. The van der Waals surface area contributed by atoms with Crippen molar-refractivity contribution < 1.29 is 9.63 Å². The molecule has 1 aromatic rings. The first-order valence-electron chi connectivity index (χ1n) is 4.83. The maximum Gasteiger partial charge on any atom is 0.252 e. The van der Waals surface area contributed by atoms with Gasteiger partial charge in [-0.1, -0.05) is 24.4 Å². The highest BCUT2D eigenvalue weighted by Gasteiger charge is 2.20. The van der Waals surface area contributed by atoms with Crippen LogP contribution in [-0.4, -0.2) is 15.2 Å². The fourth-order valence-electron chi connectivity index (χ4n) is 1.86. The number of aliphatic hydroxyl groups excluding tert-OH is 1. The van der Waals surface area contributed by atoms with Crippen molar-refractivity contribution in [3.63, 3.8) is 0 Å². The highest BCUT2D eigenvalue weighted by Crippen LogP contribution is 2.30. The molecule has 0 saturated heterocycles. The summed E-state index contributed by atoms with van der Waals surface area (Å²) >= 11 is 0. The van der Waals surface area contributed by atoms with Gasteiger partial charge in [-0.3, -0.25) is 0 Å². The summed E-state index contributed by atoms with van der Waals surface area (Å²) in [5.41, 5.74) is 0. The van der Waals surface area contributed by atoms with Crippen LogP contribution in [-0.2, 0) is 6.61 Å². The number of aliphatic hydroxyl groups is 1. The lowest BCUT2D eigenvalue weighted by molar-refractivity contribution is 0.222. The van der Waals surface area contributed by atoms with Crippen molar-refractivity contribution in [1.29, 1.82) is 0 Å². The molecule has 4 nitrogen and oxygen atoms in total. The van der Waals surface area contributed by atoms with Crippen LogP contribution in [0.3, 0.4) is 0 Å². The van der Waals surface area contributed by atoms with Gasteiger partial charge in [0.1, 0.15) is 6.61 Å². The van der Waals surface area contributed by atoms with Crippen LogP contribution in [0.4, 0.5) is 0 Å². The summed E-state index contributed by atoms with van der Waals surface area (Å²) < 4.78 is 4.86. The van der Waals surface area contributed by atoms with E-state index in [9.17, 15) is 0 Å². The molecular formula is C9H14N2O2. The summed E-state index contributed by atoms with van der Waals surface area (Å²) in [6.07, 6.45) is 6.15. The van der Waals surface area contributed by atoms with Crippen molar-refractivity contribution in [3.8, 4) is 0 Å². The zero-order valence-corrected chi connectivity index (χ0v) is 7.57. The van der Waals surface area contributed by atoms with Gasteiger partial charge in [-0.25, -0.2) is 0 Å². The summed E-state index contributed by atoms with van der Waals surface area (Å²) in [7, 11) is 0. The van der Waals surface area contributed by atoms with Gasteiger partial charge in [-0.15, -0.1) is 0 Å². The molecule has 2 rings (SSSR count). The zero-order valence-electron chi connectivity index (χ0n) is 7.57. The lowest BCUT2D eigenvalue weighted by Crippen LogP contribution is -2.06. The van der Waals surface area contributed by atoms with E-state index in [0.717, 1.165) is 18.7 Å². The van der Waals surface area contributed by atoms with E-state index in [1.54, 1.807) is 0 Å². The van der Waals surface area contributed by atoms with Crippen molar-refractivity contribution in [2.45, 2.75) is 44.6 Å². The van der Waals surface area contributed by atoms with Crippen molar-refractivity contribution in [2.24, 2.45) is 0 Å². The Labute approximate surface area is 77.0 Å². The molecule has 0 radical (unpaired) electrons. The Morgan fingerprint density at radius 1 is 1.31 bits per heavy atom. The molecule has 1 aliphatic carbocycles. The predicted molar refractivity (Wildman–Crippen MR) is 46.0 cm³/mol. The first-order chi connectivity index (χ1) is 6.40. The van der Waals surface area contributed by atoms with E-state index in [2.05, 4.69) is 10.1 Å². The molecule has 1 heterocycles. The smallest absolute Gasteiger partial charge is 0.252 e. The van der Waals surface area contributed by atoms with E-state index in [4.69, 9.17) is 9.63 Å². The quantitative estimate of drug-likeness (QED) is 0.754. The molecule has 0 atom stereocenters. The van der Waals surface area contributed by atoms with E-state index >= 15 is 0 Å². The van der Waals surface area contributed by atoms with Crippen LogP contribution in [0.1, 0.15) is 49.7 Å². The number of hydrogen-bond donors (Lipinski definition) is 1. The largest absolute Gasteiger partial charge is 0.387 e. The van der Waals surface area contributed by atoms with E-state index in [1.165, 1.54) is 19.3 Å². The monoisotopic (exact) mass is 182 g/mol. The van der Waals surface area contributed by atoms with Crippen molar-refractivity contribution in [1.82, 2.24) is 10.1 Å². The van der Waals surface area contributed by atoms with Crippen LogP contribution in [0.15, 0.2) is 4.52 Å². The van der Waals surface area contributed by atoms with Crippen LogP contribution < -0.4 is 0 Å². The lowest BCUT2D eigenvalue weighted by atomic mass is 9.89. The Morgan fingerprint density at radius 3 is 2.69 bits per heavy atom. The normalized spacial score (nSPS) is 19.2. The maximum atomic E-state index is 8.75. The lowest BCUT2D eigenvalue weighted by Gasteiger charge is -2.17. The van der Waals surface area contributed by atoms with Gasteiger partial charge in [-0.2, -0.15) is 4.98 Å². The molecule has 0 bridgehead atoms. The molecule has 0 amide bonds. The van der Waals surface area contributed by atoms with Crippen LogP contribution in [0.25, 0.3) is 0 Å². The molecule has 0 aliphatic heterocycles. The molecular weight excluding hydrogens is 168 g/mol. The standard InChI is InChI=1S/C9H14N2O2/c12-6-8-10-9(11-13-8)7-4-2-1-3-5-7/h7,12H,1-6H2.